The van der Waals surface area contributed by atoms with Crippen molar-refractivity contribution in [3.05, 3.63) is 27.5 Å². The molecular weight excluding hydrogens is 280 g/mol. The second-order valence-corrected chi connectivity index (χ2v) is 5.29. The van der Waals surface area contributed by atoms with Gasteiger partial charge in [0.1, 0.15) is 5.75 Å². The molecule has 0 saturated heterocycles. The van der Waals surface area contributed by atoms with Gasteiger partial charge in [-0.3, -0.25) is 0 Å². The molecule has 5 heteroatoms. The van der Waals surface area contributed by atoms with Crippen LogP contribution < -0.4 is 4.74 Å². The Bertz CT molecular complexity index is 533. The molecule has 2 rings (SSSR count). The zero-order chi connectivity index (χ0) is 11.0. The van der Waals surface area contributed by atoms with Crippen LogP contribution in [0.15, 0.2) is 22.0 Å². The number of halogens is 1. The number of carbonyl (C=O) groups is 1. The van der Waals surface area contributed by atoms with Crippen molar-refractivity contribution < 1.29 is 14.6 Å². The van der Waals surface area contributed by atoms with E-state index in [1.807, 2.05) is 12.1 Å². The van der Waals surface area contributed by atoms with Crippen LogP contribution in [0.4, 0.5) is 0 Å². The lowest BCUT2D eigenvalue weighted by Crippen LogP contribution is -1.95. The molecule has 1 heterocycles. The third kappa shape index (κ3) is 1.72. The van der Waals surface area contributed by atoms with Crippen molar-refractivity contribution in [3.8, 4) is 5.75 Å². The Morgan fingerprint density at radius 1 is 1.53 bits per heavy atom. The van der Waals surface area contributed by atoms with Crippen molar-refractivity contribution in [2.24, 2.45) is 0 Å². The molecule has 0 aliphatic carbocycles. The molecule has 0 atom stereocenters. The third-order valence-electron chi connectivity index (χ3n) is 2.07. The van der Waals surface area contributed by atoms with E-state index in [0.717, 1.165) is 4.70 Å². The Balaban J connectivity index is 2.77. The Morgan fingerprint density at radius 2 is 2.27 bits per heavy atom. The third-order valence-corrected chi connectivity index (χ3v) is 3.91. The van der Waals surface area contributed by atoms with Crippen LogP contribution >= 0.6 is 27.3 Å². The number of aromatic carboxylic acids is 1. The summed E-state index contributed by atoms with van der Waals surface area (Å²) in [7, 11) is 1.56. The average molecular weight is 287 g/mol. The molecule has 1 aromatic heterocycles. The van der Waals surface area contributed by atoms with Crippen molar-refractivity contribution >= 4 is 43.3 Å². The summed E-state index contributed by atoms with van der Waals surface area (Å²) < 4.78 is 6.63. The quantitative estimate of drug-likeness (QED) is 0.921. The van der Waals surface area contributed by atoms with Crippen molar-refractivity contribution in [1.29, 1.82) is 0 Å². The predicted molar refractivity (Wildman–Crippen MR) is 63.0 cm³/mol. The van der Waals surface area contributed by atoms with Gasteiger partial charge in [0.2, 0.25) is 0 Å². The molecule has 0 saturated carbocycles. The van der Waals surface area contributed by atoms with Gasteiger partial charge in [0.25, 0.3) is 0 Å². The predicted octanol–water partition coefficient (Wildman–Crippen LogP) is 3.37. The zero-order valence-electron chi connectivity index (χ0n) is 7.78. The number of carboxylic acids is 1. The number of carboxylic acid groups (broad SMARTS) is 1. The number of hydrogen-bond donors (Lipinski definition) is 1. The Morgan fingerprint density at radius 3 is 2.87 bits per heavy atom. The molecular formula is C10H7BrO3S. The summed E-state index contributed by atoms with van der Waals surface area (Å²) in [6.07, 6.45) is 0. The molecule has 0 aliphatic heterocycles. The smallest absolute Gasteiger partial charge is 0.338 e. The van der Waals surface area contributed by atoms with Crippen molar-refractivity contribution in [1.82, 2.24) is 0 Å². The molecule has 0 amide bonds. The molecule has 3 nitrogen and oxygen atoms in total. The van der Waals surface area contributed by atoms with Crippen LogP contribution in [0.25, 0.3) is 10.1 Å². The van der Waals surface area contributed by atoms with Crippen LogP contribution in [0.1, 0.15) is 10.4 Å². The van der Waals surface area contributed by atoms with Crippen LogP contribution in [0, 0.1) is 0 Å². The molecule has 0 fully saturated rings. The first kappa shape index (κ1) is 10.4. The maximum atomic E-state index is 11.0. The van der Waals surface area contributed by atoms with Gasteiger partial charge in [-0.15, -0.1) is 11.3 Å². The number of methoxy groups -OCH3 is 1. The number of fused-ring (bicyclic) bond motifs is 1. The largest absolute Gasteiger partial charge is 0.497 e. The van der Waals surface area contributed by atoms with E-state index in [1.54, 1.807) is 13.2 Å². The summed E-state index contributed by atoms with van der Waals surface area (Å²) in [5.74, 6) is -0.267. The fraction of sp³-hybridized carbons (Fsp3) is 0.100. The summed E-state index contributed by atoms with van der Waals surface area (Å²) in [4.78, 5) is 11.0. The first-order chi connectivity index (χ1) is 7.13. The highest BCUT2D eigenvalue weighted by Gasteiger charge is 2.16. The van der Waals surface area contributed by atoms with Crippen LogP contribution in [-0.2, 0) is 0 Å². The number of ether oxygens (including phenoxy) is 1. The summed E-state index contributed by atoms with van der Waals surface area (Å²) in [5, 5.41) is 9.76. The Labute approximate surface area is 98.4 Å². The first-order valence-corrected chi connectivity index (χ1v) is 5.73. The summed E-state index contributed by atoms with van der Waals surface area (Å²) >= 11 is 4.66. The van der Waals surface area contributed by atoms with Crippen LogP contribution in [-0.4, -0.2) is 18.2 Å². The molecule has 0 aliphatic rings. The summed E-state index contributed by atoms with van der Waals surface area (Å²) in [5.41, 5.74) is 0.300. The van der Waals surface area contributed by atoms with E-state index >= 15 is 0 Å². The van der Waals surface area contributed by atoms with Gasteiger partial charge in [-0.05, 0) is 34.1 Å². The van der Waals surface area contributed by atoms with Gasteiger partial charge >= 0.3 is 5.97 Å². The van der Waals surface area contributed by atoms with Gasteiger partial charge in [0, 0.05) is 10.1 Å². The average Bonchev–Trinajstić information content (AvgIpc) is 2.52. The van der Waals surface area contributed by atoms with E-state index in [-0.39, 0.29) is 0 Å². The molecule has 0 bridgehead atoms. The van der Waals surface area contributed by atoms with Gasteiger partial charge in [0.15, 0.2) is 0 Å². The van der Waals surface area contributed by atoms with Gasteiger partial charge in [0.05, 0.1) is 16.5 Å². The standard InChI is InChI=1S/C10H7BrO3S/c1-14-5-2-3-7-6(4-5)8(10(12)13)9(11)15-7/h2-4H,1H3,(H,12,13). The second-order valence-electron chi connectivity index (χ2n) is 2.92. The van der Waals surface area contributed by atoms with E-state index in [0.29, 0.717) is 20.5 Å². The van der Waals surface area contributed by atoms with E-state index in [4.69, 9.17) is 9.84 Å². The zero-order valence-corrected chi connectivity index (χ0v) is 10.2. The minimum absolute atomic E-state index is 0.300. The lowest BCUT2D eigenvalue weighted by Gasteiger charge is -1.99. The van der Waals surface area contributed by atoms with E-state index in [2.05, 4.69) is 15.9 Å². The normalized spacial score (nSPS) is 10.5. The van der Waals surface area contributed by atoms with Crippen LogP contribution in [0.3, 0.4) is 0 Å². The molecule has 2 aromatic rings. The fourth-order valence-electron chi connectivity index (χ4n) is 1.37. The van der Waals surface area contributed by atoms with Gasteiger partial charge in [-0.25, -0.2) is 4.79 Å². The van der Waals surface area contributed by atoms with Crippen LogP contribution in [0.2, 0.25) is 0 Å². The second kappa shape index (κ2) is 3.83. The molecule has 78 valence electrons. The van der Waals surface area contributed by atoms with Crippen molar-refractivity contribution in [2.45, 2.75) is 0 Å². The lowest BCUT2D eigenvalue weighted by molar-refractivity contribution is 0.0698. The van der Waals surface area contributed by atoms with Gasteiger partial charge in [-0.1, -0.05) is 0 Å². The fourth-order valence-corrected chi connectivity index (χ4v) is 3.18. The highest BCUT2D eigenvalue weighted by Crippen LogP contribution is 2.37. The first-order valence-electron chi connectivity index (χ1n) is 4.13. The molecule has 1 aromatic carbocycles. The Kier molecular flexibility index (Phi) is 2.67. The van der Waals surface area contributed by atoms with E-state index in [1.165, 1.54) is 11.3 Å². The number of thiophene rings is 1. The number of rotatable bonds is 2. The number of benzene rings is 1. The highest BCUT2D eigenvalue weighted by atomic mass is 79.9. The summed E-state index contributed by atoms with van der Waals surface area (Å²) in [6.45, 7) is 0. The van der Waals surface area contributed by atoms with Gasteiger partial charge in [-0.2, -0.15) is 0 Å². The topological polar surface area (TPSA) is 46.5 Å². The summed E-state index contributed by atoms with van der Waals surface area (Å²) in [6, 6.07) is 5.41. The molecule has 0 spiro atoms. The molecule has 0 unspecified atom stereocenters. The Hall–Kier alpha value is -1.07. The number of hydrogen-bond acceptors (Lipinski definition) is 3. The van der Waals surface area contributed by atoms with E-state index < -0.39 is 5.97 Å². The minimum atomic E-state index is -0.929. The van der Waals surface area contributed by atoms with Crippen molar-refractivity contribution in [3.63, 3.8) is 0 Å². The lowest BCUT2D eigenvalue weighted by atomic mass is 10.2. The molecule has 15 heavy (non-hydrogen) atoms. The SMILES string of the molecule is COc1ccc2sc(Br)c(C(=O)O)c2c1. The minimum Gasteiger partial charge on any atom is -0.497 e. The molecule has 0 radical (unpaired) electrons. The highest BCUT2D eigenvalue weighted by molar-refractivity contribution is 9.11. The maximum Gasteiger partial charge on any atom is 0.338 e. The van der Waals surface area contributed by atoms with E-state index in [9.17, 15) is 4.79 Å². The maximum absolute atomic E-state index is 11.0. The van der Waals surface area contributed by atoms with Crippen LogP contribution in [0.5, 0.6) is 5.75 Å². The molecule has 1 N–H and O–H groups in total. The van der Waals surface area contributed by atoms with Gasteiger partial charge < -0.3 is 9.84 Å². The monoisotopic (exact) mass is 286 g/mol. The van der Waals surface area contributed by atoms with Crippen molar-refractivity contribution in [2.75, 3.05) is 7.11 Å².